The van der Waals surface area contributed by atoms with Gasteiger partial charge in [-0.3, -0.25) is 0 Å². The van der Waals surface area contributed by atoms with E-state index in [0.717, 1.165) is 18.6 Å². The topological polar surface area (TPSA) is 58.9 Å². The Bertz CT molecular complexity index is 637. The van der Waals surface area contributed by atoms with Crippen molar-refractivity contribution in [3.05, 3.63) is 48.5 Å². The zero-order chi connectivity index (χ0) is 20.0. The van der Waals surface area contributed by atoms with Gasteiger partial charge in [-0.2, -0.15) is 0 Å². The molecular formula is C24H34O4. The summed E-state index contributed by atoms with van der Waals surface area (Å²) in [5.74, 6) is 1.90. The first kappa shape index (κ1) is 21.9. The lowest BCUT2D eigenvalue weighted by atomic mass is 10.1. The summed E-state index contributed by atoms with van der Waals surface area (Å²) in [6.07, 6.45) is 11.1. The van der Waals surface area contributed by atoms with Gasteiger partial charge in [0.2, 0.25) is 0 Å². The van der Waals surface area contributed by atoms with E-state index >= 15 is 0 Å². The van der Waals surface area contributed by atoms with Crippen LogP contribution in [-0.2, 0) is 0 Å². The predicted molar refractivity (Wildman–Crippen MR) is 113 cm³/mol. The fraction of sp³-hybridized carbons (Fsp3) is 0.500. The van der Waals surface area contributed by atoms with Gasteiger partial charge in [0.25, 0.3) is 0 Å². The van der Waals surface area contributed by atoms with Gasteiger partial charge in [0, 0.05) is 0 Å². The first-order chi connectivity index (χ1) is 13.7. The highest BCUT2D eigenvalue weighted by Crippen LogP contribution is 2.21. The van der Waals surface area contributed by atoms with Crippen molar-refractivity contribution in [3.8, 4) is 23.0 Å². The van der Waals surface area contributed by atoms with Gasteiger partial charge in [-0.1, -0.05) is 51.9 Å². The lowest BCUT2D eigenvalue weighted by Gasteiger charge is -2.20. The molecule has 2 N–H and O–H groups in total. The van der Waals surface area contributed by atoms with E-state index in [1.54, 1.807) is 48.5 Å². The minimum absolute atomic E-state index is 0.0570. The van der Waals surface area contributed by atoms with Crippen molar-refractivity contribution in [1.82, 2.24) is 0 Å². The summed E-state index contributed by atoms with van der Waals surface area (Å²) >= 11 is 0. The fourth-order valence-corrected chi connectivity index (χ4v) is 3.13. The summed E-state index contributed by atoms with van der Waals surface area (Å²) in [5.41, 5.74) is 0. The maximum Gasteiger partial charge on any atom is 0.133 e. The summed E-state index contributed by atoms with van der Waals surface area (Å²) < 4.78 is 11.9. The highest BCUT2D eigenvalue weighted by Gasteiger charge is 2.12. The lowest BCUT2D eigenvalue weighted by molar-refractivity contribution is 0.118. The Labute approximate surface area is 169 Å². The molecule has 1 unspecified atom stereocenters. The third kappa shape index (κ3) is 9.03. The summed E-state index contributed by atoms with van der Waals surface area (Å²) in [7, 11) is 0. The quantitative estimate of drug-likeness (QED) is 0.366. The molecule has 4 nitrogen and oxygen atoms in total. The molecule has 2 aromatic carbocycles. The van der Waals surface area contributed by atoms with Crippen LogP contribution in [0.25, 0.3) is 0 Å². The van der Waals surface area contributed by atoms with Crippen LogP contribution < -0.4 is 9.47 Å². The summed E-state index contributed by atoms with van der Waals surface area (Å²) in [5, 5.41) is 18.8. The number of phenolic OH excluding ortho intramolecular Hbond substituents is 2. The summed E-state index contributed by atoms with van der Waals surface area (Å²) in [4.78, 5) is 0. The van der Waals surface area contributed by atoms with Crippen molar-refractivity contribution in [3.63, 3.8) is 0 Å². The molecule has 0 heterocycles. The SMILES string of the molecule is CCCCCCCCCCC(COc1ccc(O)cc1)Oc1ccc(O)cc1. The maximum absolute atomic E-state index is 9.44. The van der Waals surface area contributed by atoms with Crippen molar-refractivity contribution >= 4 is 0 Å². The van der Waals surface area contributed by atoms with Crippen LogP contribution in [0.2, 0.25) is 0 Å². The van der Waals surface area contributed by atoms with Gasteiger partial charge in [0.15, 0.2) is 0 Å². The van der Waals surface area contributed by atoms with E-state index in [2.05, 4.69) is 6.92 Å². The smallest absolute Gasteiger partial charge is 0.133 e. The fourth-order valence-electron chi connectivity index (χ4n) is 3.13. The molecule has 0 aliphatic heterocycles. The van der Waals surface area contributed by atoms with Gasteiger partial charge in [-0.15, -0.1) is 0 Å². The van der Waals surface area contributed by atoms with Crippen molar-refractivity contribution < 1.29 is 19.7 Å². The van der Waals surface area contributed by atoms with Crippen LogP contribution >= 0.6 is 0 Å². The second kappa shape index (κ2) is 12.9. The van der Waals surface area contributed by atoms with Crippen molar-refractivity contribution in [2.24, 2.45) is 0 Å². The molecule has 0 saturated heterocycles. The highest BCUT2D eigenvalue weighted by molar-refractivity contribution is 5.31. The van der Waals surface area contributed by atoms with E-state index in [1.165, 1.54) is 44.9 Å². The highest BCUT2D eigenvalue weighted by atomic mass is 16.5. The van der Waals surface area contributed by atoms with E-state index in [-0.39, 0.29) is 17.6 Å². The normalized spacial score (nSPS) is 11.9. The predicted octanol–water partition coefficient (Wildman–Crippen LogP) is 6.46. The van der Waals surface area contributed by atoms with Crippen molar-refractivity contribution in [2.45, 2.75) is 70.8 Å². The molecule has 0 aliphatic carbocycles. The Hall–Kier alpha value is -2.36. The van der Waals surface area contributed by atoms with E-state index < -0.39 is 0 Å². The number of ether oxygens (including phenoxy) is 2. The first-order valence-electron chi connectivity index (χ1n) is 10.5. The molecular weight excluding hydrogens is 352 g/mol. The average molecular weight is 387 g/mol. The Balaban J connectivity index is 1.78. The zero-order valence-corrected chi connectivity index (χ0v) is 17.0. The third-order valence-electron chi connectivity index (χ3n) is 4.79. The number of hydrogen-bond acceptors (Lipinski definition) is 4. The second-order valence-electron chi connectivity index (χ2n) is 7.30. The number of phenols is 2. The molecule has 1 atom stereocenters. The number of rotatable bonds is 14. The zero-order valence-electron chi connectivity index (χ0n) is 17.0. The molecule has 0 saturated carbocycles. The number of hydrogen-bond donors (Lipinski definition) is 2. The second-order valence-corrected chi connectivity index (χ2v) is 7.30. The standard InChI is InChI=1S/C24H34O4/c1-2-3-4-5-6-7-8-9-10-24(28-23-17-13-21(26)14-18-23)19-27-22-15-11-20(25)12-16-22/h11-18,24-26H,2-10,19H2,1H3. The van der Waals surface area contributed by atoms with Crippen LogP contribution in [-0.4, -0.2) is 22.9 Å². The van der Waals surface area contributed by atoms with Crippen LogP contribution in [0.5, 0.6) is 23.0 Å². The van der Waals surface area contributed by atoms with Gasteiger partial charge < -0.3 is 19.7 Å². The van der Waals surface area contributed by atoms with E-state index in [4.69, 9.17) is 9.47 Å². The van der Waals surface area contributed by atoms with Gasteiger partial charge in [0.1, 0.15) is 35.7 Å². The van der Waals surface area contributed by atoms with Gasteiger partial charge in [0.05, 0.1) is 0 Å². The molecule has 0 radical (unpaired) electrons. The molecule has 28 heavy (non-hydrogen) atoms. The Morgan fingerprint density at radius 3 is 1.75 bits per heavy atom. The van der Waals surface area contributed by atoms with Crippen LogP contribution in [0.3, 0.4) is 0 Å². The molecule has 0 fully saturated rings. The van der Waals surface area contributed by atoms with E-state index in [0.29, 0.717) is 12.4 Å². The van der Waals surface area contributed by atoms with Crippen molar-refractivity contribution in [2.75, 3.05) is 6.61 Å². The van der Waals surface area contributed by atoms with Crippen LogP contribution in [0.15, 0.2) is 48.5 Å². The van der Waals surface area contributed by atoms with Crippen LogP contribution in [0.1, 0.15) is 64.7 Å². The number of unbranched alkanes of at least 4 members (excludes halogenated alkanes) is 7. The molecule has 0 aliphatic rings. The molecule has 0 aromatic heterocycles. The minimum atomic E-state index is -0.0570. The van der Waals surface area contributed by atoms with E-state index in [1.807, 2.05) is 0 Å². The largest absolute Gasteiger partial charge is 0.508 e. The Kier molecular flexibility index (Phi) is 10.1. The molecule has 0 spiro atoms. The lowest BCUT2D eigenvalue weighted by Crippen LogP contribution is -2.25. The first-order valence-corrected chi connectivity index (χ1v) is 10.5. The Morgan fingerprint density at radius 1 is 0.679 bits per heavy atom. The summed E-state index contributed by atoms with van der Waals surface area (Å²) in [6, 6.07) is 13.5. The van der Waals surface area contributed by atoms with Gasteiger partial charge >= 0.3 is 0 Å². The van der Waals surface area contributed by atoms with Gasteiger partial charge in [-0.25, -0.2) is 0 Å². The minimum Gasteiger partial charge on any atom is -0.508 e. The molecule has 4 heteroatoms. The van der Waals surface area contributed by atoms with Crippen LogP contribution in [0.4, 0.5) is 0 Å². The summed E-state index contributed by atoms with van der Waals surface area (Å²) in [6.45, 7) is 2.69. The van der Waals surface area contributed by atoms with Gasteiger partial charge in [-0.05, 0) is 61.4 Å². The molecule has 2 aromatic rings. The molecule has 2 rings (SSSR count). The number of aromatic hydroxyl groups is 2. The maximum atomic E-state index is 9.44. The molecule has 154 valence electrons. The third-order valence-corrected chi connectivity index (χ3v) is 4.79. The molecule has 0 amide bonds. The monoisotopic (exact) mass is 386 g/mol. The molecule has 0 bridgehead atoms. The van der Waals surface area contributed by atoms with E-state index in [9.17, 15) is 10.2 Å². The van der Waals surface area contributed by atoms with Crippen molar-refractivity contribution in [1.29, 1.82) is 0 Å². The number of benzene rings is 2. The van der Waals surface area contributed by atoms with Crippen LogP contribution in [0, 0.1) is 0 Å². The average Bonchev–Trinajstić information content (AvgIpc) is 2.70. The Morgan fingerprint density at radius 2 is 1.18 bits per heavy atom.